The van der Waals surface area contributed by atoms with E-state index < -0.39 is 24.2 Å². The van der Waals surface area contributed by atoms with Gasteiger partial charge in [0, 0.05) is 31.4 Å². The second-order valence-electron chi connectivity index (χ2n) is 7.81. The Labute approximate surface area is 238 Å². The van der Waals surface area contributed by atoms with Gasteiger partial charge >= 0.3 is 0 Å². The second-order valence-corrected chi connectivity index (χ2v) is 7.81. The van der Waals surface area contributed by atoms with E-state index in [0.29, 0.717) is 26.0 Å². The summed E-state index contributed by atoms with van der Waals surface area (Å²) in [5.41, 5.74) is 0. The van der Waals surface area contributed by atoms with E-state index in [4.69, 9.17) is 14.2 Å². The molecule has 2 N–H and O–H groups in total. The molecule has 1 rings (SSSR count). The third kappa shape index (κ3) is 15.9. The van der Waals surface area contributed by atoms with Gasteiger partial charge in [0.1, 0.15) is 18.3 Å². The Balaban J connectivity index is 2.35. The van der Waals surface area contributed by atoms with Crippen LogP contribution in [0.2, 0.25) is 0 Å². The molecule has 0 bridgehead atoms. The van der Waals surface area contributed by atoms with Gasteiger partial charge in [-0.3, -0.25) is 4.79 Å². The number of amides is 1. The maximum Gasteiger partial charge on any atom is 0.296 e. The Morgan fingerprint density at radius 1 is 0.800 bits per heavy atom. The largest absolute Gasteiger partial charge is 0.387 e. The first-order valence-corrected chi connectivity index (χ1v) is 12.2. The van der Waals surface area contributed by atoms with Gasteiger partial charge in [-0.25, -0.2) is 0 Å². The Morgan fingerprint density at radius 2 is 1.27 bits per heavy atom. The first-order chi connectivity index (χ1) is 19.5. The number of hydrogen-bond donors (Lipinski definition) is 2. The van der Waals surface area contributed by atoms with Crippen LogP contribution in [-0.4, -0.2) is 61.8 Å². The van der Waals surface area contributed by atoms with Crippen molar-refractivity contribution in [3.05, 3.63) is 0 Å². The zero-order chi connectivity index (χ0) is 29.3. The van der Waals surface area contributed by atoms with Crippen LogP contribution in [0.3, 0.4) is 0 Å². The zero-order valence-corrected chi connectivity index (χ0v) is 22.8. The molecule has 1 aliphatic heterocycles. The number of carbonyl (C=O) groups is 1. The molecule has 6 nitrogen and oxygen atoms in total. The Hall–Kier alpha value is -5.09. The Bertz CT molecular complexity index is 1520. The molecule has 0 aliphatic carbocycles. The minimum atomic E-state index is -0.765. The number of carbonyl (C=O) groups excluding carboxylic acids is 1. The van der Waals surface area contributed by atoms with Gasteiger partial charge in [-0.1, -0.05) is 5.92 Å². The van der Waals surface area contributed by atoms with E-state index in [9.17, 15) is 9.90 Å². The molecule has 1 saturated heterocycles. The van der Waals surface area contributed by atoms with Gasteiger partial charge in [0.15, 0.2) is 0 Å². The average Bonchev–Trinajstić information content (AvgIpc) is 3.25. The fourth-order valence-corrected chi connectivity index (χ4v) is 2.96. The molecule has 1 aliphatic rings. The van der Waals surface area contributed by atoms with Crippen LogP contribution in [0.15, 0.2) is 0 Å². The van der Waals surface area contributed by atoms with Gasteiger partial charge < -0.3 is 24.6 Å². The number of hydrogen-bond acceptors (Lipinski definition) is 5. The molecule has 40 heavy (non-hydrogen) atoms. The van der Waals surface area contributed by atoms with E-state index in [1.807, 2.05) is 13.8 Å². The topological polar surface area (TPSA) is 77.0 Å². The lowest BCUT2D eigenvalue weighted by Crippen LogP contribution is -2.36. The lowest BCUT2D eigenvalue weighted by Gasteiger charge is -2.18. The molecule has 1 fully saturated rings. The molecule has 1 unspecified atom stereocenters. The number of ether oxygens (including phenoxy) is 3. The van der Waals surface area contributed by atoms with Crippen molar-refractivity contribution in [1.82, 2.24) is 5.32 Å². The number of aliphatic hydroxyl groups is 1. The van der Waals surface area contributed by atoms with E-state index in [0.717, 1.165) is 0 Å². The summed E-state index contributed by atoms with van der Waals surface area (Å²) in [7, 11) is 1.54. The van der Waals surface area contributed by atoms with Crippen molar-refractivity contribution in [2.24, 2.45) is 0 Å². The van der Waals surface area contributed by atoms with Gasteiger partial charge in [0.05, 0.1) is 18.8 Å². The van der Waals surface area contributed by atoms with Crippen molar-refractivity contribution < 1.29 is 24.1 Å². The molecule has 0 saturated carbocycles. The molecule has 6 heteroatoms. The predicted octanol–water partition coefficient (Wildman–Crippen LogP) is 0.505. The summed E-state index contributed by atoms with van der Waals surface area (Å²) in [6, 6.07) is 0. The molecule has 1 heterocycles. The lowest BCUT2D eigenvalue weighted by atomic mass is 10.0. The molecule has 0 aromatic carbocycles. The van der Waals surface area contributed by atoms with E-state index >= 15 is 0 Å². The van der Waals surface area contributed by atoms with E-state index in [1.54, 1.807) is 6.92 Å². The number of aliphatic hydroxyl groups excluding tert-OH is 1. The maximum absolute atomic E-state index is 11.8. The fourth-order valence-electron chi connectivity index (χ4n) is 2.96. The third-order valence-corrected chi connectivity index (χ3v) is 4.61. The van der Waals surface area contributed by atoms with Gasteiger partial charge in [0.2, 0.25) is 0 Å². The summed E-state index contributed by atoms with van der Waals surface area (Å²) in [5.74, 6) is 49.5. The molecule has 0 spiro atoms. The van der Waals surface area contributed by atoms with Crippen molar-refractivity contribution >= 4 is 5.91 Å². The van der Waals surface area contributed by atoms with Gasteiger partial charge in [-0.05, 0) is 128 Å². The number of rotatable bonds is 8. The van der Waals surface area contributed by atoms with Crippen molar-refractivity contribution in [1.29, 1.82) is 0 Å². The van der Waals surface area contributed by atoms with Crippen LogP contribution >= 0.6 is 0 Å². The molecule has 0 aromatic heterocycles. The molecule has 0 radical (unpaired) electrons. The highest BCUT2D eigenvalue weighted by molar-refractivity contribution is 5.94. The van der Waals surface area contributed by atoms with Gasteiger partial charge in [0.25, 0.3) is 5.91 Å². The quantitative estimate of drug-likeness (QED) is 0.354. The van der Waals surface area contributed by atoms with Crippen molar-refractivity contribution in [2.45, 2.75) is 64.1 Å². The monoisotopic (exact) mass is 529 g/mol. The minimum absolute atomic E-state index is 0.0420. The van der Waals surface area contributed by atoms with Crippen LogP contribution in [0.1, 0.15) is 33.6 Å². The first kappa shape index (κ1) is 32.9. The predicted molar refractivity (Wildman–Crippen MR) is 152 cm³/mol. The van der Waals surface area contributed by atoms with E-state index in [1.165, 1.54) is 7.11 Å². The molecule has 1 amide bonds. The highest BCUT2D eigenvalue weighted by Gasteiger charge is 2.43. The number of methoxy groups -OCH3 is 1. The normalized spacial score (nSPS) is 16.9. The van der Waals surface area contributed by atoms with Crippen molar-refractivity contribution in [2.75, 3.05) is 20.3 Å². The SMILES string of the molecule is CC#CC#CC#CC#CC#CC#CC#CC#CC#CC#CC(=O)NCCC[C@@H]1O[C@H](COC(C)C)C(O)[C@@H]1OC. The van der Waals surface area contributed by atoms with E-state index in [2.05, 4.69) is 124 Å². The molecule has 0 aromatic rings. The summed E-state index contributed by atoms with van der Waals surface area (Å²) in [6.07, 6.45) is -0.667. The highest BCUT2D eigenvalue weighted by Crippen LogP contribution is 2.27. The van der Waals surface area contributed by atoms with Crippen molar-refractivity contribution in [3.63, 3.8) is 0 Å². The molecular formula is C34H27NO5. The standard InChI is InChI=1S/C34H27NO5/c1-5-6-7-8-9-10-11-12-13-14-15-16-17-18-19-20-21-22-23-26-32(36)35-27-24-25-30-34(38-4)33(37)31(40-30)28-39-29(2)3/h29-31,33-34,37H,24-25,27-28H2,1-4H3,(H,35,36)/t30-,31+,33?,34+/m0/s1. The van der Waals surface area contributed by atoms with Crippen LogP contribution in [0.5, 0.6) is 0 Å². The van der Waals surface area contributed by atoms with Crippen LogP contribution < -0.4 is 5.32 Å². The van der Waals surface area contributed by atoms with Crippen LogP contribution in [-0.2, 0) is 19.0 Å². The van der Waals surface area contributed by atoms with Crippen LogP contribution in [0.25, 0.3) is 0 Å². The second kappa shape index (κ2) is 21.9. The van der Waals surface area contributed by atoms with Gasteiger partial charge in [-0.15, -0.1) is 0 Å². The summed E-state index contributed by atoms with van der Waals surface area (Å²) < 4.78 is 16.8. The Morgan fingerprint density at radius 3 is 1.73 bits per heavy atom. The fraction of sp³-hybridized carbons (Fsp3) is 0.382. The van der Waals surface area contributed by atoms with E-state index in [-0.39, 0.29) is 12.2 Å². The summed E-state index contributed by atoms with van der Waals surface area (Å²) in [5, 5.41) is 13.1. The number of nitrogens with one attached hydrogen (secondary N) is 1. The Kier molecular flexibility index (Phi) is 18.1. The first-order valence-electron chi connectivity index (χ1n) is 12.2. The molecule has 198 valence electrons. The summed E-state index contributed by atoms with van der Waals surface area (Å²) in [6.45, 7) is 6.22. The molecular weight excluding hydrogens is 502 g/mol. The average molecular weight is 530 g/mol. The van der Waals surface area contributed by atoms with Crippen LogP contribution in [0.4, 0.5) is 0 Å². The summed E-state index contributed by atoms with van der Waals surface area (Å²) >= 11 is 0. The third-order valence-electron chi connectivity index (χ3n) is 4.61. The summed E-state index contributed by atoms with van der Waals surface area (Å²) in [4.78, 5) is 11.8. The minimum Gasteiger partial charge on any atom is -0.387 e. The lowest BCUT2D eigenvalue weighted by molar-refractivity contribution is -0.115. The van der Waals surface area contributed by atoms with Crippen LogP contribution in [0, 0.1) is 118 Å². The smallest absolute Gasteiger partial charge is 0.296 e. The zero-order valence-electron chi connectivity index (χ0n) is 22.8. The maximum atomic E-state index is 11.8. The van der Waals surface area contributed by atoms with Gasteiger partial charge in [-0.2, -0.15) is 0 Å². The highest BCUT2D eigenvalue weighted by atomic mass is 16.6. The van der Waals surface area contributed by atoms with Crippen molar-refractivity contribution in [3.8, 4) is 118 Å². The molecule has 4 atom stereocenters.